The second kappa shape index (κ2) is 5.98. The van der Waals surface area contributed by atoms with E-state index in [0.717, 1.165) is 12.1 Å². The maximum Gasteiger partial charge on any atom is 0.244 e. The normalized spacial score (nSPS) is 11.1. The van der Waals surface area contributed by atoms with E-state index < -0.39 is 23.1 Å². The van der Waals surface area contributed by atoms with Crippen molar-refractivity contribution in [2.75, 3.05) is 11.9 Å². The molecule has 2 amide bonds. The lowest BCUT2D eigenvalue weighted by molar-refractivity contribution is -0.137. The van der Waals surface area contributed by atoms with E-state index in [2.05, 4.69) is 5.32 Å². The number of halogens is 2. The lowest BCUT2D eigenvalue weighted by Gasteiger charge is -2.34. The maximum absolute atomic E-state index is 13.4. The standard InChI is InChI=1S/C14H18F2N2O2/c1-9(19)18(14(2,3)4)8-13(20)17-12-6-5-10(15)7-11(12)16/h5-7H,8H2,1-4H3,(H,17,20). The molecular formula is C14H18F2N2O2. The van der Waals surface area contributed by atoms with Crippen molar-refractivity contribution in [2.45, 2.75) is 33.2 Å². The van der Waals surface area contributed by atoms with Crippen molar-refractivity contribution >= 4 is 17.5 Å². The van der Waals surface area contributed by atoms with Gasteiger partial charge in [-0.1, -0.05) is 0 Å². The molecule has 1 aromatic carbocycles. The number of nitrogens with zero attached hydrogens (tertiary/aromatic N) is 1. The highest BCUT2D eigenvalue weighted by molar-refractivity contribution is 5.94. The molecule has 20 heavy (non-hydrogen) atoms. The average Bonchev–Trinajstić information content (AvgIpc) is 2.28. The minimum absolute atomic E-state index is 0.117. The van der Waals surface area contributed by atoms with Crippen molar-refractivity contribution < 1.29 is 18.4 Å². The van der Waals surface area contributed by atoms with Gasteiger partial charge in [-0.15, -0.1) is 0 Å². The van der Waals surface area contributed by atoms with Gasteiger partial charge in [0.2, 0.25) is 11.8 Å². The molecule has 0 fully saturated rings. The topological polar surface area (TPSA) is 49.4 Å². The van der Waals surface area contributed by atoms with Crippen LogP contribution in [-0.4, -0.2) is 28.8 Å². The summed E-state index contributed by atoms with van der Waals surface area (Å²) in [5, 5.41) is 2.32. The minimum atomic E-state index is -0.858. The van der Waals surface area contributed by atoms with Crippen molar-refractivity contribution in [2.24, 2.45) is 0 Å². The predicted octanol–water partition coefficient (Wildman–Crippen LogP) is 2.55. The number of benzene rings is 1. The third-order valence-electron chi connectivity index (χ3n) is 2.70. The van der Waals surface area contributed by atoms with Gasteiger partial charge < -0.3 is 10.2 Å². The number of carbonyl (C=O) groups excluding carboxylic acids is 2. The summed E-state index contributed by atoms with van der Waals surface area (Å²) >= 11 is 0. The largest absolute Gasteiger partial charge is 0.329 e. The molecule has 1 rings (SSSR count). The number of carbonyl (C=O) groups is 2. The van der Waals surface area contributed by atoms with E-state index in [1.165, 1.54) is 11.8 Å². The van der Waals surface area contributed by atoms with Crippen LogP contribution in [0.25, 0.3) is 0 Å². The SMILES string of the molecule is CC(=O)N(CC(=O)Nc1ccc(F)cc1F)C(C)(C)C. The van der Waals surface area contributed by atoms with Gasteiger partial charge in [0.05, 0.1) is 5.69 Å². The van der Waals surface area contributed by atoms with Crippen LogP contribution in [0.15, 0.2) is 18.2 Å². The lowest BCUT2D eigenvalue weighted by Crippen LogP contribution is -2.48. The van der Waals surface area contributed by atoms with Gasteiger partial charge >= 0.3 is 0 Å². The molecular weight excluding hydrogens is 266 g/mol. The highest BCUT2D eigenvalue weighted by Crippen LogP contribution is 2.16. The van der Waals surface area contributed by atoms with Crippen LogP contribution in [0.3, 0.4) is 0 Å². The van der Waals surface area contributed by atoms with Crippen LogP contribution in [0.5, 0.6) is 0 Å². The fourth-order valence-electron chi connectivity index (χ4n) is 1.75. The Balaban J connectivity index is 2.79. The Morgan fingerprint density at radius 3 is 2.30 bits per heavy atom. The van der Waals surface area contributed by atoms with Crippen LogP contribution in [0.2, 0.25) is 0 Å². The Labute approximate surface area is 116 Å². The van der Waals surface area contributed by atoms with E-state index in [1.807, 2.05) is 0 Å². The van der Waals surface area contributed by atoms with E-state index in [4.69, 9.17) is 0 Å². The van der Waals surface area contributed by atoms with Crippen LogP contribution in [0.4, 0.5) is 14.5 Å². The van der Waals surface area contributed by atoms with Crippen LogP contribution in [0, 0.1) is 11.6 Å². The molecule has 0 heterocycles. The summed E-state index contributed by atoms with van der Waals surface area (Å²) in [5.41, 5.74) is -0.640. The molecule has 1 aromatic rings. The van der Waals surface area contributed by atoms with Gasteiger partial charge in [0.15, 0.2) is 0 Å². The number of nitrogens with one attached hydrogen (secondary N) is 1. The highest BCUT2D eigenvalue weighted by Gasteiger charge is 2.26. The molecule has 0 aliphatic carbocycles. The van der Waals surface area contributed by atoms with Gasteiger partial charge in [-0.3, -0.25) is 9.59 Å². The quantitative estimate of drug-likeness (QED) is 0.927. The van der Waals surface area contributed by atoms with Crippen LogP contribution in [-0.2, 0) is 9.59 Å². The Morgan fingerprint density at radius 1 is 1.25 bits per heavy atom. The second-order valence-corrected chi connectivity index (χ2v) is 5.45. The summed E-state index contributed by atoms with van der Waals surface area (Å²) < 4.78 is 26.2. The van der Waals surface area contributed by atoms with E-state index in [-0.39, 0.29) is 18.1 Å². The second-order valence-electron chi connectivity index (χ2n) is 5.45. The third-order valence-corrected chi connectivity index (χ3v) is 2.70. The summed E-state index contributed by atoms with van der Waals surface area (Å²) in [6.45, 7) is 6.53. The Hall–Kier alpha value is -1.98. The third kappa shape index (κ3) is 4.29. The number of hydrogen-bond acceptors (Lipinski definition) is 2. The smallest absolute Gasteiger partial charge is 0.244 e. The highest BCUT2D eigenvalue weighted by atomic mass is 19.1. The minimum Gasteiger partial charge on any atom is -0.329 e. The summed E-state index contributed by atoms with van der Waals surface area (Å²) in [6.07, 6.45) is 0. The molecule has 1 N–H and O–H groups in total. The summed E-state index contributed by atoms with van der Waals surface area (Å²) in [6, 6.07) is 2.87. The Bertz CT molecular complexity index is 524. The van der Waals surface area contributed by atoms with E-state index in [9.17, 15) is 18.4 Å². The Morgan fingerprint density at radius 2 is 1.85 bits per heavy atom. The molecule has 0 aliphatic rings. The van der Waals surface area contributed by atoms with E-state index in [1.54, 1.807) is 20.8 Å². The van der Waals surface area contributed by atoms with Crippen LogP contribution < -0.4 is 5.32 Å². The van der Waals surface area contributed by atoms with Gasteiger partial charge in [-0.25, -0.2) is 8.78 Å². The van der Waals surface area contributed by atoms with Crippen molar-refractivity contribution in [3.8, 4) is 0 Å². The first-order valence-corrected chi connectivity index (χ1v) is 6.14. The van der Waals surface area contributed by atoms with Gasteiger partial charge in [0.25, 0.3) is 0 Å². The molecule has 0 saturated carbocycles. The number of rotatable bonds is 3. The lowest BCUT2D eigenvalue weighted by atomic mass is 10.1. The van der Waals surface area contributed by atoms with E-state index >= 15 is 0 Å². The number of anilines is 1. The van der Waals surface area contributed by atoms with Crippen LogP contribution in [0.1, 0.15) is 27.7 Å². The molecule has 0 unspecified atom stereocenters. The first-order chi connectivity index (χ1) is 9.11. The predicted molar refractivity (Wildman–Crippen MR) is 72.1 cm³/mol. The molecule has 0 aromatic heterocycles. The maximum atomic E-state index is 13.4. The van der Waals surface area contributed by atoms with Crippen molar-refractivity contribution in [3.63, 3.8) is 0 Å². The summed E-state index contributed by atoms with van der Waals surface area (Å²) in [4.78, 5) is 24.7. The van der Waals surface area contributed by atoms with Gasteiger partial charge in [0, 0.05) is 18.5 Å². The van der Waals surface area contributed by atoms with Crippen molar-refractivity contribution in [1.82, 2.24) is 4.90 Å². The van der Waals surface area contributed by atoms with Crippen molar-refractivity contribution in [3.05, 3.63) is 29.8 Å². The molecule has 0 bridgehead atoms. The average molecular weight is 284 g/mol. The fourth-order valence-corrected chi connectivity index (χ4v) is 1.75. The zero-order valence-electron chi connectivity index (χ0n) is 12.0. The van der Waals surface area contributed by atoms with Crippen molar-refractivity contribution in [1.29, 1.82) is 0 Å². The molecule has 6 heteroatoms. The first kappa shape index (κ1) is 16.1. The Kier molecular flexibility index (Phi) is 4.81. The molecule has 0 spiro atoms. The molecule has 4 nitrogen and oxygen atoms in total. The van der Waals surface area contributed by atoms with Gasteiger partial charge in [0.1, 0.15) is 18.2 Å². The molecule has 0 atom stereocenters. The molecule has 0 radical (unpaired) electrons. The zero-order chi connectivity index (χ0) is 15.5. The summed E-state index contributed by atoms with van der Waals surface area (Å²) in [7, 11) is 0. The van der Waals surface area contributed by atoms with E-state index in [0.29, 0.717) is 6.07 Å². The zero-order valence-corrected chi connectivity index (χ0v) is 12.0. The molecule has 110 valence electrons. The number of hydrogen-bond donors (Lipinski definition) is 1. The van der Waals surface area contributed by atoms with Gasteiger partial charge in [-0.05, 0) is 32.9 Å². The summed E-state index contributed by atoms with van der Waals surface area (Å²) in [5.74, 6) is -2.38. The van der Waals surface area contributed by atoms with Gasteiger partial charge in [-0.2, -0.15) is 0 Å². The van der Waals surface area contributed by atoms with Crippen LogP contribution >= 0.6 is 0 Å². The number of amides is 2. The monoisotopic (exact) mass is 284 g/mol. The molecule has 0 aliphatic heterocycles. The fraction of sp³-hybridized carbons (Fsp3) is 0.429. The molecule has 0 saturated heterocycles. The first-order valence-electron chi connectivity index (χ1n) is 6.14.